The van der Waals surface area contributed by atoms with E-state index in [0.717, 1.165) is 12.0 Å². The summed E-state index contributed by atoms with van der Waals surface area (Å²) in [6.45, 7) is 5.62. The van der Waals surface area contributed by atoms with Gasteiger partial charge in [0.05, 0.1) is 32.0 Å². The van der Waals surface area contributed by atoms with E-state index in [9.17, 15) is 9.59 Å². The second kappa shape index (κ2) is 9.17. The fraction of sp³-hybridized carbons (Fsp3) is 0.500. The summed E-state index contributed by atoms with van der Waals surface area (Å²) in [5.74, 6) is 0.0170. The van der Waals surface area contributed by atoms with E-state index < -0.39 is 5.97 Å². The third-order valence-electron chi connectivity index (χ3n) is 3.84. The highest BCUT2D eigenvalue weighted by Crippen LogP contribution is 2.15. The van der Waals surface area contributed by atoms with E-state index in [1.54, 1.807) is 11.0 Å². The summed E-state index contributed by atoms with van der Waals surface area (Å²) in [5, 5.41) is 0. The highest BCUT2D eigenvalue weighted by Gasteiger charge is 2.25. The van der Waals surface area contributed by atoms with Crippen LogP contribution in [0.3, 0.4) is 0 Å². The molecule has 2 rings (SSSR count). The van der Waals surface area contributed by atoms with E-state index in [4.69, 9.17) is 9.47 Å². The van der Waals surface area contributed by atoms with Gasteiger partial charge in [-0.3, -0.25) is 9.78 Å². The first kappa shape index (κ1) is 18.9. The molecule has 136 valence electrons. The number of rotatable bonds is 6. The molecule has 1 atom stereocenters. The minimum Gasteiger partial charge on any atom is -0.489 e. The molecule has 1 aliphatic heterocycles. The number of hydrogen-bond donors (Lipinski definition) is 0. The largest absolute Gasteiger partial charge is 0.489 e. The Labute approximate surface area is 147 Å². The van der Waals surface area contributed by atoms with Gasteiger partial charge < -0.3 is 19.1 Å². The Morgan fingerprint density at radius 1 is 1.44 bits per heavy atom. The Kier molecular flexibility index (Phi) is 6.94. The van der Waals surface area contributed by atoms with E-state index in [0.29, 0.717) is 31.0 Å². The van der Waals surface area contributed by atoms with E-state index in [1.165, 1.54) is 19.5 Å². The summed E-state index contributed by atoms with van der Waals surface area (Å²) >= 11 is 0. The van der Waals surface area contributed by atoms with Crippen LogP contribution < -0.4 is 4.74 Å². The number of carbonyl (C=O) groups is 2. The molecule has 0 radical (unpaired) electrons. The number of methoxy groups -OCH3 is 1. The molecule has 7 nitrogen and oxygen atoms in total. The molecule has 7 heteroatoms. The van der Waals surface area contributed by atoms with Crippen LogP contribution in [0.15, 0.2) is 30.1 Å². The minimum atomic E-state index is -0.471. The van der Waals surface area contributed by atoms with Gasteiger partial charge in [0.1, 0.15) is 18.5 Å². The van der Waals surface area contributed by atoms with Gasteiger partial charge in [-0.2, -0.15) is 0 Å². The van der Waals surface area contributed by atoms with Crippen LogP contribution in [0, 0.1) is 0 Å². The molecule has 1 aromatic heterocycles. The zero-order chi connectivity index (χ0) is 18.2. The van der Waals surface area contributed by atoms with Crippen LogP contribution in [0.1, 0.15) is 30.6 Å². The molecule has 1 amide bonds. The number of esters is 1. The fourth-order valence-corrected chi connectivity index (χ4v) is 2.56. The Morgan fingerprint density at radius 3 is 2.96 bits per heavy atom. The van der Waals surface area contributed by atoms with Gasteiger partial charge in [0.15, 0.2) is 0 Å². The molecule has 0 N–H and O–H groups in total. The standard InChI is InChI=1S/C18H24N2O5/c1-4-5-13(2)17(21)20-6-7-24-16(11-20)12-25-15-8-14(9-19-10-15)18(22)23-3/h5,8-10,16H,4,6-7,11-12H2,1-3H3. The normalized spacial score (nSPS) is 18.0. The molecular weight excluding hydrogens is 324 g/mol. The maximum absolute atomic E-state index is 12.4. The molecule has 2 heterocycles. The number of hydrogen-bond acceptors (Lipinski definition) is 6. The average molecular weight is 348 g/mol. The van der Waals surface area contributed by atoms with Gasteiger partial charge in [0.2, 0.25) is 5.91 Å². The van der Waals surface area contributed by atoms with Gasteiger partial charge in [0.25, 0.3) is 0 Å². The summed E-state index contributed by atoms with van der Waals surface area (Å²) in [6.07, 6.45) is 5.46. The maximum Gasteiger partial charge on any atom is 0.339 e. The number of nitrogens with zero attached hydrogens (tertiary/aromatic N) is 2. The van der Waals surface area contributed by atoms with Crippen molar-refractivity contribution < 1.29 is 23.8 Å². The lowest BCUT2D eigenvalue weighted by Crippen LogP contribution is -2.47. The summed E-state index contributed by atoms with van der Waals surface area (Å²) in [7, 11) is 1.31. The second-order valence-electron chi connectivity index (χ2n) is 5.75. The van der Waals surface area contributed by atoms with E-state index >= 15 is 0 Å². The molecule has 1 aliphatic rings. The van der Waals surface area contributed by atoms with Crippen molar-refractivity contribution in [1.29, 1.82) is 0 Å². The van der Waals surface area contributed by atoms with Crippen LogP contribution in [-0.4, -0.2) is 61.3 Å². The van der Waals surface area contributed by atoms with Gasteiger partial charge >= 0.3 is 5.97 Å². The smallest absolute Gasteiger partial charge is 0.339 e. The predicted octanol–water partition coefficient (Wildman–Crippen LogP) is 1.83. The molecule has 1 unspecified atom stereocenters. The van der Waals surface area contributed by atoms with Crippen LogP contribution in [0.2, 0.25) is 0 Å². The number of pyridine rings is 1. The first-order chi connectivity index (χ1) is 12.0. The fourth-order valence-electron chi connectivity index (χ4n) is 2.56. The Morgan fingerprint density at radius 2 is 2.24 bits per heavy atom. The minimum absolute atomic E-state index is 0.0319. The topological polar surface area (TPSA) is 78.0 Å². The lowest BCUT2D eigenvalue weighted by molar-refractivity contribution is -0.135. The molecule has 1 aromatic rings. The van der Waals surface area contributed by atoms with Gasteiger partial charge in [0, 0.05) is 18.3 Å². The van der Waals surface area contributed by atoms with Crippen LogP contribution in [0.5, 0.6) is 5.75 Å². The summed E-state index contributed by atoms with van der Waals surface area (Å²) in [4.78, 5) is 29.6. The lowest BCUT2D eigenvalue weighted by Gasteiger charge is -2.33. The summed E-state index contributed by atoms with van der Waals surface area (Å²) in [6, 6.07) is 1.57. The zero-order valence-electron chi connectivity index (χ0n) is 14.9. The van der Waals surface area contributed by atoms with Crippen molar-refractivity contribution in [2.75, 3.05) is 33.4 Å². The quantitative estimate of drug-likeness (QED) is 0.576. The Bertz CT molecular complexity index is 644. The molecule has 0 spiro atoms. The highest BCUT2D eigenvalue weighted by molar-refractivity contribution is 5.92. The molecule has 1 fully saturated rings. The van der Waals surface area contributed by atoms with Gasteiger partial charge in [-0.1, -0.05) is 13.0 Å². The van der Waals surface area contributed by atoms with Crippen molar-refractivity contribution in [3.05, 3.63) is 35.7 Å². The lowest BCUT2D eigenvalue weighted by atomic mass is 10.2. The third kappa shape index (κ3) is 5.29. The van der Waals surface area contributed by atoms with Crippen molar-refractivity contribution in [1.82, 2.24) is 9.88 Å². The number of ether oxygens (including phenoxy) is 3. The first-order valence-corrected chi connectivity index (χ1v) is 8.29. The van der Waals surface area contributed by atoms with Gasteiger partial charge in [-0.15, -0.1) is 0 Å². The second-order valence-corrected chi connectivity index (χ2v) is 5.75. The first-order valence-electron chi connectivity index (χ1n) is 8.29. The molecule has 0 aromatic carbocycles. The number of aromatic nitrogens is 1. The molecule has 1 saturated heterocycles. The van der Waals surface area contributed by atoms with Crippen molar-refractivity contribution in [3.8, 4) is 5.75 Å². The summed E-state index contributed by atoms with van der Waals surface area (Å²) in [5.41, 5.74) is 1.07. The van der Waals surface area contributed by atoms with Gasteiger partial charge in [-0.05, 0) is 19.4 Å². The van der Waals surface area contributed by atoms with E-state index in [2.05, 4.69) is 9.72 Å². The molecular formula is C18H24N2O5. The van der Waals surface area contributed by atoms with Crippen LogP contribution >= 0.6 is 0 Å². The van der Waals surface area contributed by atoms with Crippen molar-refractivity contribution in [2.45, 2.75) is 26.4 Å². The maximum atomic E-state index is 12.4. The van der Waals surface area contributed by atoms with Crippen molar-refractivity contribution in [3.63, 3.8) is 0 Å². The zero-order valence-corrected chi connectivity index (χ0v) is 14.9. The third-order valence-corrected chi connectivity index (χ3v) is 3.84. The molecule has 0 aliphatic carbocycles. The van der Waals surface area contributed by atoms with Crippen molar-refractivity contribution >= 4 is 11.9 Å². The van der Waals surface area contributed by atoms with Crippen molar-refractivity contribution in [2.24, 2.45) is 0 Å². The Hall–Kier alpha value is -2.41. The molecule has 0 saturated carbocycles. The average Bonchev–Trinajstić information content (AvgIpc) is 2.65. The summed E-state index contributed by atoms with van der Waals surface area (Å²) < 4.78 is 16.0. The van der Waals surface area contributed by atoms with Crippen LogP contribution in [-0.2, 0) is 14.3 Å². The number of carbonyl (C=O) groups excluding carboxylic acids is 2. The number of morpholine rings is 1. The van der Waals surface area contributed by atoms with E-state index in [1.807, 2.05) is 19.9 Å². The predicted molar refractivity (Wildman–Crippen MR) is 91.4 cm³/mol. The number of allylic oxidation sites excluding steroid dienone is 1. The van der Waals surface area contributed by atoms with Crippen LogP contribution in [0.25, 0.3) is 0 Å². The SMILES string of the molecule is CCC=C(C)C(=O)N1CCOC(COc2cncc(C(=O)OC)c2)C1. The van der Waals surface area contributed by atoms with E-state index in [-0.39, 0.29) is 18.6 Å². The molecule has 0 bridgehead atoms. The highest BCUT2D eigenvalue weighted by atomic mass is 16.5. The molecule has 25 heavy (non-hydrogen) atoms. The number of amides is 1. The van der Waals surface area contributed by atoms with Gasteiger partial charge in [-0.25, -0.2) is 4.79 Å². The Balaban J connectivity index is 1.92. The van der Waals surface area contributed by atoms with Crippen LogP contribution in [0.4, 0.5) is 0 Å². The monoisotopic (exact) mass is 348 g/mol.